The molecule has 0 spiro atoms. The van der Waals surface area contributed by atoms with Crippen LogP contribution in [0.25, 0.3) is 0 Å². The highest BCUT2D eigenvalue weighted by molar-refractivity contribution is 7.09. The molecule has 1 aromatic carbocycles. The third-order valence-corrected chi connectivity index (χ3v) is 3.94. The summed E-state index contributed by atoms with van der Waals surface area (Å²) in [5, 5.41) is 5.81. The van der Waals surface area contributed by atoms with Crippen molar-refractivity contribution in [1.29, 1.82) is 0 Å². The Balaban J connectivity index is 1.78. The van der Waals surface area contributed by atoms with Crippen LogP contribution in [0.1, 0.15) is 30.1 Å². The monoisotopic (exact) mass is 318 g/mol. The van der Waals surface area contributed by atoms with E-state index >= 15 is 0 Å². The van der Waals surface area contributed by atoms with Gasteiger partial charge in [-0.15, -0.1) is 11.3 Å². The van der Waals surface area contributed by atoms with E-state index in [1.807, 2.05) is 36.6 Å². The van der Waals surface area contributed by atoms with E-state index in [1.165, 1.54) is 0 Å². The van der Waals surface area contributed by atoms with Gasteiger partial charge in [-0.1, -0.05) is 26.0 Å². The summed E-state index contributed by atoms with van der Waals surface area (Å²) in [5.41, 5.74) is 1.97. The smallest absolute Gasteiger partial charge is 0.224 e. The van der Waals surface area contributed by atoms with Crippen LogP contribution in [-0.4, -0.2) is 17.5 Å². The summed E-state index contributed by atoms with van der Waals surface area (Å²) in [4.78, 5) is 16.3. The second-order valence-electron chi connectivity index (χ2n) is 5.68. The van der Waals surface area contributed by atoms with Crippen LogP contribution in [-0.2, 0) is 17.8 Å². The first-order valence-corrected chi connectivity index (χ1v) is 8.30. The zero-order chi connectivity index (χ0) is 15.9. The summed E-state index contributed by atoms with van der Waals surface area (Å²) in [5.74, 6) is 1.35. The highest BCUT2D eigenvalue weighted by Crippen LogP contribution is 2.14. The van der Waals surface area contributed by atoms with Gasteiger partial charge in [0, 0.05) is 11.1 Å². The van der Waals surface area contributed by atoms with Gasteiger partial charge in [0.05, 0.1) is 19.6 Å². The molecule has 0 aliphatic rings. The molecule has 0 aliphatic carbocycles. The van der Waals surface area contributed by atoms with Gasteiger partial charge in [0.1, 0.15) is 10.8 Å². The third kappa shape index (κ3) is 5.48. The first-order chi connectivity index (χ1) is 10.5. The van der Waals surface area contributed by atoms with Gasteiger partial charge < -0.3 is 10.1 Å². The first-order valence-electron chi connectivity index (χ1n) is 7.42. The number of aryl methyl sites for hydroxylation is 1. The van der Waals surface area contributed by atoms with Crippen LogP contribution in [0.5, 0.6) is 5.75 Å². The van der Waals surface area contributed by atoms with Crippen molar-refractivity contribution in [2.45, 2.75) is 33.7 Å². The van der Waals surface area contributed by atoms with E-state index in [2.05, 4.69) is 24.1 Å². The number of amides is 1. The molecule has 0 aliphatic heterocycles. The Kier molecular flexibility index (Phi) is 5.95. The summed E-state index contributed by atoms with van der Waals surface area (Å²) in [7, 11) is 0. The largest absolute Gasteiger partial charge is 0.493 e. The van der Waals surface area contributed by atoms with Crippen LogP contribution in [0.2, 0.25) is 0 Å². The van der Waals surface area contributed by atoms with Crippen LogP contribution >= 0.6 is 11.3 Å². The SMILES string of the molecule is Cc1csc(CNC(=O)Cc2ccc(OCC(C)C)cc2)n1. The Bertz CT molecular complexity index is 605. The molecule has 118 valence electrons. The Labute approximate surface area is 135 Å². The molecule has 0 saturated carbocycles. The highest BCUT2D eigenvalue weighted by atomic mass is 32.1. The maximum Gasteiger partial charge on any atom is 0.224 e. The molecule has 2 aromatic rings. The van der Waals surface area contributed by atoms with Gasteiger partial charge in [-0.2, -0.15) is 0 Å². The van der Waals surface area contributed by atoms with Gasteiger partial charge >= 0.3 is 0 Å². The Morgan fingerprint density at radius 2 is 2.05 bits per heavy atom. The maximum absolute atomic E-state index is 11.9. The number of hydrogen-bond acceptors (Lipinski definition) is 4. The molecule has 0 radical (unpaired) electrons. The van der Waals surface area contributed by atoms with Crippen LogP contribution in [0.3, 0.4) is 0 Å². The number of carbonyl (C=O) groups excluding carboxylic acids is 1. The fourth-order valence-electron chi connectivity index (χ4n) is 1.87. The van der Waals surface area contributed by atoms with Gasteiger partial charge in [-0.05, 0) is 30.5 Å². The lowest BCUT2D eigenvalue weighted by Crippen LogP contribution is -2.24. The number of thiazole rings is 1. The van der Waals surface area contributed by atoms with E-state index < -0.39 is 0 Å². The third-order valence-electron chi connectivity index (χ3n) is 2.97. The van der Waals surface area contributed by atoms with Crippen LogP contribution < -0.4 is 10.1 Å². The molecule has 0 atom stereocenters. The molecule has 2 rings (SSSR count). The minimum absolute atomic E-state index is 0.00343. The molecule has 0 bridgehead atoms. The van der Waals surface area contributed by atoms with Crippen molar-refractivity contribution in [2.24, 2.45) is 5.92 Å². The standard InChI is InChI=1S/C17H22N2O2S/c1-12(2)10-21-15-6-4-14(5-7-15)8-16(20)18-9-17-19-13(3)11-22-17/h4-7,11-12H,8-10H2,1-3H3,(H,18,20). The van der Waals surface area contributed by atoms with Crippen molar-refractivity contribution in [3.63, 3.8) is 0 Å². The van der Waals surface area contributed by atoms with Gasteiger partial charge in [0.25, 0.3) is 0 Å². The number of benzene rings is 1. The molecule has 5 heteroatoms. The van der Waals surface area contributed by atoms with Gasteiger partial charge in [0.15, 0.2) is 0 Å². The lowest BCUT2D eigenvalue weighted by atomic mass is 10.1. The molecule has 4 nitrogen and oxygen atoms in total. The predicted molar refractivity (Wildman–Crippen MR) is 89.2 cm³/mol. The molecule has 1 heterocycles. The zero-order valence-corrected chi connectivity index (χ0v) is 14.1. The van der Waals surface area contributed by atoms with E-state index in [-0.39, 0.29) is 5.91 Å². The molecular weight excluding hydrogens is 296 g/mol. The average Bonchev–Trinajstić information content (AvgIpc) is 2.90. The lowest BCUT2D eigenvalue weighted by molar-refractivity contribution is -0.120. The zero-order valence-electron chi connectivity index (χ0n) is 13.3. The van der Waals surface area contributed by atoms with Crippen LogP contribution in [0.15, 0.2) is 29.6 Å². The molecule has 0 saturated heterocycles. The normalized spacial score (nSPS) is 10.7. The van der Waals surface area contributed by atoms with Crippen molar-refractivity contribution in [3.8, 4) is 5.75 Å². The van der Waals surface area contributed by atoms with Gasteiger partial charge in [-0.25, -0.2) is 4.98 Å². The Hall–Kier alpha value is -1.88. The summed E-state index contributed by atoms with van der Waals surface area (Å²) >= 11 is 1.57. The molecule has 1 aromatic heterocycles. The lowest BCUT2D eigenvalue weighted by Gasteiger charge is -2.09. The van der Waals surface area contributed by atoms with Crippen molar-refractivity contribution in [1.82, 2.24) is 10.3 Å². The minimum Gasteiger partial charge on any atom is -0.493 e. The second-order valence-corrected chi connectivity index (χ2v) is 6.63. The number of hydrogen-bond donors (Lipinski definition) is 1. The van der Waals surface area contributed by atoms with Crippen LogP contribution in [0, 0.1) is 12.8 Å². The van der Waals surface area contributed by atoms with Crippen molar-refractivity contribution >= 4 is 17.2 Å². The maximum atomic E-state index is 11.9. The number of aromatic nitrogens is 1. The number of carbonyl (C=O) groups is 1. The Morgan fingerprint density at radius 1 is 1.32 bits per heavy atom. The van der Waals surface area contributed by atoms with Crippen molar-refractivity contribution in [3.05, 3.63) is 45.9 Å². The van der Waals surface area contributed by atoms with Crippen molar-refractivity contribution in [2.75, 3.05) is 6.61 Å². The first kappa shape index (κ1) is 16.5. The molecule has 1 amide bonds. The number of nitrogens with zero attached hydrogens (tertiary/aromatic N) is 1. The van der Waals surface area contributed by atoms with Crippen molar-refractivity contribution < 1.29 is 9.53 Å². The second kappa shape index (κ2) is 7.94. The van der Waals surface area contributed by atoms with E-state index in [1.54, 1.807) is 11.3 Å². The fraction of sp³-hybridized carbons (Fsp3) is 0.412. The molecule has 0 unspecified atom stereocenters. The van der Waals surface area contributed by atoms with Crippen LogP contribution in [0.4, 0.5) is 0 Å². The molecule has 22 heavy (non-hydrogen) atoms. The number of ether oxygens (including phenoxy) is 1. The number of rotatable bonds is 7. The van der Waals surface area contributed by atoms with E-state index in [4.69, 9.17) is 4.74 Å². The molecule has 1 N–H and O–H groups in total. The summed E-state index contributed by atoms with van der Waals surface area (Å²) in [6.07, 6.45) is 0.370. The highest BCUT2D eigenvalue weighted by Gasteiger charge is 2.06. The van der Waals surface area contributed by atoms with E-state index in [0.717, 1.165) is 22.0 Å². The van der Waals surface area contributed by atoms with Gasteiger partial charge in [0.2, 0.25) is 5.91 Å². The molecule has 0 fully saturated rings. The van der Waals surface area contributed by atoms with Gasteiger partial charge in [-0.3, -0.25) is 4.79 Å². The quantitative estimate of drug-likeness (QED) is 0.852. The minimum atomic E-state index is 0.00343. The summed E-state index contributed by atoms with van der Waals surface area (Å²) < 4.78 is 5.63. The number of nitrogens with one attached hydrogen (secondary N) is 1. The van der Waals surface area contributed by atoms with E-state index in [9.17, 15) is 4.79 Å². The Morgan fingerprint density at radius 3 is 2.64 bits per heavy atom. The topological polar surface area (TPSA) is 51.2 Å². The summed E-state index contributed by atoms with van der Waals surface area (Å²) in [6.45, 7) is 7.37. The van der Waals surface area contributed by atoms with E-state index in [0.29, 0.717) is 25.5 Å². The predicted octanol–water partition coefficient (Wildman–Crippen LogP) is 3.35. The molecular formula is C17H22N2O2S. The average molecular weight is 318 g/mol. The fourth-order valence-corrected chi connectivity index (χ4v) is 2.58. The summed E-state index contributed by atoms with van der Waals surface area (Å²) in [6, 6.07) is 7.69.